The van der Waals surface area contributed by atoms with Crippen molar-refractivity contribution in [2.24, 2.45) is 11.8 Å². The van der Waals surface area contributed by atoms with E-state index in [1.54, 1.807) is 54.6 Å². The van der Waals surface area contributed by atoms with Gasteiger partial charge in [0.25, 0.3) is 0 Å². The average Bonchev–Trinajstić information content (AvgIpc) is 3.19. The highest BCUT2D eigenvalue weighted by atomic mass is 35.5. The number of benzene rings is 2. The fourth-order valence-corrected chi connectivity index (χ4v) is 4.25. The summed E-state index contributed by atoms with van der Waals surface area (Å²) in [7, 11) is 1.26. The SMILES string of the molecule is COC(=O)[C@H]1N[C@@H](c2ccccc2Cl)[C@H]2C(=O)N(c3ccccc3)C(=O)[C@H]21. The van der Waals surface area contributed by atoms with Gasteiger partial charge in [0.1, 0.15) is 6.04 Å². The van der Waals surface area contributed by atoms with E-state index < -0.39 is 35.8 Å². The molecule has 138 valence electrons. The minimum Gasteiger partial charge on any atom is -0.468 e. The zero-order valence-electron chi connectivity index (χ0n) is 14.5. The maximum Gasteiger partial charge on any atom is 0.323 e. The van der Waals surface area contributed by atoms with Crippen molar-refractivity contribution < 1.29 is 19.1 Å². The minimum absolute atomic E-state index is 0.347. The Labute approximate surface area is 161 Å². The molecule has 7 heteroatoms. The topological polar surface area (TPSA) is 75.7 Å². The molecule has 6 nitrogen and oxygen atoms in total. The van der Waals surface area contributed by atoms with E-state index in [1.165, 1.54) is 7.11 Å². The molecule has 2 amide bonds. The fraction of sp³-hybridized carbons (Fsp3) is 0.250. The summed E-state index contributed by atoms with van der Waals surface area (Å²) in [5.41, 5.74) is 1.17. The molecule has 0 spiro atoms. The molecule has 4 atom stereocenters. The van der Waals surface area contributed by atoms with Crippen LogP contribution in [0.15, 0.2) is 54.6 Å². The number of nitrogens with zero attached hydrogens (tertiary/aromatic N) is 1. The molecule has 2 aliphatic heterocycles. The van der Waals surface area contributed by atoms with Gasteiger partial charge in [0, 0.05) is 11.1 Å². The quantitative estimate of drug-likeness (QED) is 0.649. The molecule has 0 bridgehead atoms. The van der Waals surface area contributed by atoms with E-state index in [0.717, 1.165) is 4.90 Å². The number of carbonyl (C=O) groups excluding carboxylic acids is 3. The van der Waals surface area contributed by atoms with E-state index in [1.807, 2.05) is 0 Å². The van der Waals surface area contributed by atoms with Gasteiger partial charge in [-0.2, -0.15) is 0 Å². The van der Waals surface area contributed by atoms with Crippen molar-refractivity contribution in [1.29, 1.82) is 0 Å². The highest BCUT2D eigenvalue weighted by molar-refractivity contribution is 6.31. The summed E-state index contributed by atoms with van der Waals surface area (Å²) >= 11 is 6.33. The number of imide groups is 1. The van der Waals surface area contributed by atoms with Crippen LogP contribution in [0, 0.1) is 11.8 Å². The number of anilines is 1. The Balaban J connectivity index is 1.80. The Morgan fingerprint density at radius 1 is 1.00 bits per heavy atom. The van der Waals surface area contributed by atoms with E-state index in [4.69, 9.17) is 16.3 Å². The molecule has 2 fully saturated rings. The molecule has 0 radical (unpaired) electrons. The van der Waals surface area contributed by atoms with Crippen LogP contribution in [-0.2, 0) is 19.1 Å². The lowest BCUT2D eigenvalue weighted by molar-refractivity contribution is -0.145. The van der Waals surface area contributed by atoms with Crippen LogP contribution in [0.25, 0.3) is 0 Å². The van der Waals surface area contributed by atoms with Crippen molar-refractivity contribution in [3.05, 3.63) is 65.2 Å². The van der Waals surface area contributed by atoms with E-state index in [0.29, 0.717) is 16.3 Å². The number of ether oxygens (including phenoxy) is 1. The van der Waals surface area contributed by atoms with Crippen LogP contribution >= 0.6 is 11.6 Å². The van der Waals surface area contributed by atoms with E-state index in [9.17, 15) is 14.4 Å². The maximum atomic E-state index is 13.2. The predicted molar refractivity (Wildman–Crippen MR) is 99.0 cm³/mol. The second-order valence-corrected chi connectivity index (χ2v) is 6.97. The Morgan fingerprint density at radius 3 is 2.30 bits per heavy atom. The molecule has 4 rings (SSSR count). The molecule has 2 heterocycles. The van der Waals surface area contributed by atoms with Crippen LogP contribution < -0.4 is 10.2 Å². The van der Waals surface area contributed by atoms with E-state index in [-0.39, 0.29) is 5.91 Å². The fourth-order valence-electron chi connectivity index (χ4n) is 4.00. The van der Waals surface area contributed by atoms with Crippen molar-refractivity contribution in [1.82, 2.24) is 5.32 Å². The normalized spacial score (nSPS) is 27.0. The maximum absolute atomic E-state index is 13.2. The highest BCUT2D eigenvalue weighted by Gasteiger charge is 2.61. The van der Waals surface area contributed by atoms with Crippen molar-refractivity contribution >= 4 is 35.1 Å². The summed E-state index contributed by atoms with van der Waals surface area (Å²) in [5, 5.41) is 3.58. The van der Waals surface area contributed by atoms with Gasteiger partial charge in [-0.1, -0.05) is 48.0 Å². The monoisotopic (exact) mass is 384 g/mol. The highest BCUT2D eigenvalue weighted by Crippen LogP contribution is 2.46. The second kappa shape index (κ2) is 6.79. The Kier molecular flexibility index (Phi) is 4.45. The molecule has 2 aromatic carbocycles. The number of para-hydroxylation sites is 1. The minimum atomic E-state index is -0.911. The molecule has 2 aromatic rings. The summed E-state index contributed by atoms with van der Waals surface area (Å²) in [6.45, 7) is 0. The number of hydrogen-bond donors (Lipinski definition) is 1. The number of nitrogens with one attached hydrogen (secondary N) is 1. The van der Waals surface area contributed by atoms with Crippen molar-refractivity contribution in [3.8, 4) is 0 Å². The lowest BCUT2D eigenvalue weighted by Gasteiger charge is -2.22. The molecule has 2 aliphatic rings. The smallest absolute Gasteiger partial charge is 0.323 e. The lowest BCUT2D eigenvalue weighted by Crippen LogP contribution is -2.43. The molecule has 2 saturated heterocycles. The standard InChI is InChI=1S/C20H17ClN2O4/c1-27-20(26)17-15-14(16(22-17)12-9-5-6-10-13(12)21)18(24)23(19(15)25)11-7-3-2-4-8-11/h2-10,14-17,22H,1H3/t14-,15+,16-,17-/m0/s1. The zero-order valence-corrected chi connectivity index (χ0v) is 15.2. The summed E-state index contributed by atoms with van der Waals surface area (Å²) in [6.07, 6.45) is 0. The molecule has 0 aliphatic carbocycles. The van der Waals surface area contributed by atoms with Gasteiger partial charge in [-0.15, -0.1) is 0 Å². The third-order valence-electron chi connectivity index (χ3n) is 5.19. The molecule has 0 unspecified atom stereocenters. The second-order valence-electron chi connectivity index (χ2n) is 6.57. The van der Waals surface area contributed by atoms with Gasteiger partial charge in [0.05, 0.1) is 24.6 Å². The predicted octanol–water partition coefficient (Wildman–Crippen LogP) is 2.33. The number of hydrogen-bond acceptors (Lipinski definition) is 5. The Bertz CT molecular complexity index is 917. The number of halogens is 1. The first kappa shape index (κ1) is 17.7. The lowest BCUT2D eigenvalue weighted by atomic mass is 9.86. The Morgan fingerprint density at radius 2 is 1.63 bits per heavy atom. The molecule has 0 saturated carbocycles. The summed E-state index contributed by atoms with van der Waals surface area (Å²) < 4.78 is 4.86. The first-order chi connectivity index (χ1) is 13.0. The molecular formula is C20H17ClN2O4. The van der Waals surface area contributed by atoms with Gasteiger partial charge in [0.2, 0.25) is 11.8 Å². The summed E-state index contributed by atoms with van der Waals surface area (Å²) in [5.74, 6) is -2.91. The average molecular weight is 385 g/mol. The van der Waals surface area contributed by atoms with Crippen LogP contribution in [0.5, 0.6) is 0 Å². The van der Waals surface area contributed by atoms with Gasteiger partial charge < -0.3 is 4.74 Å². The van der Waals surface area contributed by atoms with Gasteiger partial charge in [-0.05, 0) is 23.8 Å². The van der Waals surface area contributed by atoms with Crippen LogP contribution in [0.3, 0.4) is 0 Å². The van der Waals surface area contributed by atoms with Crippen molar-refractivity contribution in [2.75, 3.05) is 12.0 Å². The van der Waals surface area contributed by atoms with Crippen molar-refractivity contribution in [3.63, 3.8) is 0 Å². The third-order valence-corrected chi connectivity index (χ3v) is 5.53. The van der Waals surface area contributed by atoms with Crippen LogP contribution in [0.1, 0.15) is 11.6 Å². The number of carbonyl (C=O) groups is 3. The van der Waals surface area contributed by atoms with Crippen LogP contribution in [0.4, 0.5) is 5.69 Å². The third kappa shape index (κ3) is 2.72. The van der Waals surface area contributed by atoms with Gasteiger partial charge in [0.15, 0.2) is 0 Å². The summed E-state index contributed by atoms with van der Waals surface area (Å²) in [6, 6.07) is 14.3. The van der Waals surface area contributed by atoms with Crippen molar-refractivity contribution in [2.45, 2.75) is 12.1 Å². The van der Waals surface area contributed by atoms with Gasteiger partial charge >= 0.3 is 5.97 Å². The largest absolute Gasteiger partial charge is 0.468 e. The number of esters is 1. The number of methoxy groups -OCH3 is 1. The Hall–Kier alpha value is -2.70. The number of amides is 2. The number of rotatable bonds is 3. The first-order valence-corrected chi connectivity index (χ1v) is 8.93. The van der Waals surface area contributed by atoms with Crippen LogP contribution in [-0.4, -0.2) is 30.9 Å². The molecule has 0 aromatic heterocycles. The van der Waals surface area contributed by atoms with Crippen LogP contribution in [0.2, 0.25) is 5.02 Å². The first-order valence-electron chi connectivity index (χ1n) is 8.55. The van der Waals surface area contributed by atoms with Gasteiger partial charge in [-0.25, -0.2) is 4.90 Å². The number of fused-ring (bicyclic) bond motifs is 1. The molecule has 27 heavy (non-hydrogen) atoms. The van der Waals surface area contributed by atoms with E-state index in [2.05, 4.69) is 5.32 Å². The molecular weight excluding hydrogens is 368 g/mol. The van der Waals surface area contributed by atoms with Gasteiger partial charge in [-0.3, -0.25) is 19.7 Å². The zero-order chi connectivity index (χ0) is 19.1. The van der Waals surface area contributed by atoms with E-state index >= 15 is 0 Å². The summed E-state index contributed by atoms with van der Waals surface area (Å²) in [4.78, 5) is 39.8. The molecule has 1 N–H and O–H groups in total.